The molecule has 1 heterocycles. The third kappa shape index (κ3) is 4.38. The van der Waals surface area contributed by atoms with Gasteiger partial charge in [0.15, 0.2) is 17.6 Å². The number of hydrogen-bond acceptors (Lipinski definition) is 3. The van der Waals surface area contributed by atoms with Crippen LogP contribution in [0, 0.1) is 5.92 Å². The van der Waals surface area contributed by atoms with Crippen LogP contribution in [0.5, 0.6) is 11.5 Å². The Bertz CT molecular complexity index is 473. The Morgan fingerprint density at radius 3 is 2.71 bits per heavy atom. The van der Waals surface area contributed by atoms with E-state index in [0.717, 1.165) is 17.9 Å². The molecule has 0 aliphatic carbocycles. The SMILES string of the molecule is CCN(CC1COc2ccccc2O1)C(=O)CCC(C)C. The molecule has 1 aliphatic heterocycles. The number of rotatable bonds is 6. The summed E-state index contributed by atoms with van der Waals surface area (Å²) < 4.78 is 11.6. The maximum Gasteiger partial charge on any atom is 0.222 e. The molecule has 0 aromatic heterocycles. The van der Waals surface area contributed by atoms with E-state index in [1.807, 2.05) is 36.1 Å². The van der Waals surface area contributed by atoms with Gasteiger partial charge in [0.2, 0.25) is 5.91 Å². The smallest absolute Gasteiger partial charge is 0.222 e. The van der Waals surface area contributed by atoms with Crippen molar-refractivity contribution in [1.29, 1.82) is 0 Å². The molecule has 0 radical (unpaired) electrons. The molecule has 116 valence electrons. The fourth-order valence-electron chi connectivity index (χ4n) is 2.38. The van der Waals surface area contributed by atoms with Crippen LogP contribution < -0.4 is 9.47 Å². The molecule has 1 aromatic rings. The van der Waals surface area contributed by atoms with E-state index < -0.39 is 0 Å². The Kier molecular flexibility index (Phi) is 5.48. The standard InChI is InChI=1S/C17H25NO3/c1-4-18(17(19)10-9-13(2)3)11-14-12-20-15-7-5-6-8-16(15)21-14/h5-8,13-14H,4,9-12H2,1-3H3. The Labute approximate surface area is 127 Å². The number of nitrogens with zero attached hydrogens (tertiary/aromatic N) is 1. The molecule has 21 heavy (non-hydrogen) atoms. The van der Waals surface area contributed by atoms with E-state index in [1.165, 1.54) is 0 Å². The first-order valence-electron chi connectivity index (χ1n) is 7.76. The number of ether oxygens (including phenoxy) is 2. The fraction of sp³-hybridized carbons (Fsp3) is 0.588. The van der Waals surface area contributed by atoms with Crippen LogP contribution in [-0.2, 0) is 4.79 Å². The number of carbonyl (C=O) groups is 1. The Morgan fingerprint density at radius 2 is 2.05 bits per heavy atom. The number of carbonyl (C=O) groups excluding carboxylic acids is 1. The molecule has 0 saturated carbocycles. The zero-order valence-electron chi connectivity index (χ0n) is 13.2. The van der Waals surface area contributed by atoms with Crippen LogP contribution in [0.25, 0.3) is 0 Å². The molecule has 1 aliphatic rings. The molecule has 1 amide bonds. The summed E-state index contributed by atoms with van der Waals surface area (Å²) in [6.45, 7) is 8.06. The lowest BCUT2D eigenvalue weighted by molar-refractivity contribution is -0.132. The van der Waals surface area contributed by atoms with Crippen LogP contribution >= 0.6 is 0 Å². The summed E-state index contributed by atoms with van der Waals surface area (Å²) in [5.74, 6) is 2.30. The highest BCUT2D eigenvalue weighted by Gasteiger charge is 2.24. The third-order valence-electron chi connectivity index (χ3n) is 3.66. The fourth-order valence-corrected chi connectivity index (χ4v) is 2.38. The van der Waals surface area contributed by atoms with Gasteiger partial charge in [0.25, 0.3) is 0 Å². The molecular formula is C17H25NO3. The van der Waals surface area contributed by atoms with Crippen LogP contribution in [0.3, 0.4) is 0 Å². The molecule has 4 heteroatoms. The average molecular weight is 291 g/mol. The summed E-state index contributed by atoms with van der Waals surface area (Å²) in [4.78, 5) is 14.1. The highest BCUT2D eigenvalue weighted by molar-refractivity contribution is 5.76. The Hall–Kier alpha value is -1.71. The van der Waals surface area contributed by atoms with Gasteiger partial charge < -0.3 is 14.4 Å². The predicted octanol–water partition coefficient (Wildman–Crippen LogP) is 3.11. The Balaban J connectivity index is 1.89. The summed E-state index contributed by atoms with van der Waals surface area (Å²) in [6.07, 6.45) is 1.44. The number of fused-ring (bicyclic) bond motifs is 1. The maximum absolute atomic E-state index is 12.2. The van der Waals surface area contributed by atoms with Crippen molar-refractivity contribution in [3.63, 3.8) is 0 Å². The van der Waals surface area contributed by atoms with E-state index in [-0.39, 0.29) is 12.0 Å². The van der Waals surface area contributed by atoms with Crippen molar-refractivity contribution in [2.45, 2.75) is 39.7 Å². The van der Waals surface area contributed by atoms with Crippen LogP contribution in [0.15, 0.2) is 24.3 Å². The van der Waals surface area contributed by atoms with Crippen molar-refractivity contribution in [3.05, 3.63) is 24.3 Å². The lowest BCUT2D eigenvalue weighted by atomic mass is 10.1. The normalized spacial score (nSPS) is 16.9. The van der Waals surface area contributed by atoms with Gasteiger partial charge in [0, 0.05) is 13.0 Å². The quantitative estimate of drug-likeness (QED) is 0.808. The van der Waals surface area contributed by atoms with Crippen LogP contribution in [-0.4, -0.2) is 36.6 Å². The van der Waals surface area contributed by atoms with E-state index in [9.17, 15) is 4.79 Å². The first-order valence-corrected chi connectivity index (χ1v) is 7.76. The van der Waals surface area contributed by atoms with Gasteiger partial charge in [0.1, 0.15) is 6.61 Å². The number of hydrogen-bond donors (Lipinski definition) is 0. The molecular weight excluding hydrogens is 266 g/mol. The highest BCUT2D eigenvalue weighted by atomic mass is 16.6. The maximum atomic E-state index is 12.2. The zero-order chi connectivity index (χ0) is 15.2. The predicted molar refractivity (Wildman–Crippen MR) is 82.7 cm³/mol. The minimum absolute atomic E-state index is 0.0946. The third-order valence-corrected chi connectivity index (χ3v) is 3.66. The number of benzene rings is 1. The topological polar surface area (TPSA) is 38.8 Å². The second-order valence-electron chi connectivity index (χ2n) is 5.86. The van der Waals surface area contributed by atoms with Gasteiger partial charge in [-0.05, 0) is 31.4 Å². The lowest BCUT2D eigenvalue weighted by Gasteiger charge is -2.31. The molecule has 1 unspecified atom stereocenters. The van der Waals surface area contributed by atoms with Gasteiger partial charge in [0.05, 0.1) is 6.54 Å². The summed E-state index contributed by atoms with van der Waals surface area (Å²) in [5, 5.41) is 0. The number of likely N-dealkylation sites (N-methyl/N-ethyl adjacent to an activating group) is 1. The molecule has 0 spiro atoms. The van der Waals surface area contributed by atoms with Gasteiger partial charge in [-0.25, -0.2) is 0 Å². The van der Waals surface area contributed by atoms with E-state index in [4.69, 9.17) is 9.47 Å². The number of amides is 1. The van der Waals surface area contributed by atoms with Crippen molar-refractivity contribution in [1.82, 2.24) is 4.90 Å². The van der Waals surface area contributed by atoms with E-state index in [1.54, 1.807) is 0 Å². The van der Waals surface area contributed by atoms with Crippen molar-refractivity contribution >= 4 is 5.91 Å². The van der Waals surface area contributed by atoms with Crippen LogP contribution in [0.2, 0.25) is 0 Å². The van der Waals surface area contributed by atoms with E-state index in [2.05, 4.69) is 13.8 Å². The van der Waals surface area contributed by atoms with E-state index in [0.29, 0.717) is 32.0 Å². The molecule has 1 atom stereocenters. The summed E-state index contributed by atoms with van der Waals surface area (Å²) >= 11 is 0. The minimum atomic E-state index is -0.0946. The van der Waals surface area contributed by atoms with Gasteiger partial charge in [-0.3, -0.25) is 4.79 Å². The van der Waals surface area contributed by atoms with Crippen LogP contribution in [0.4, 0.5) is 0 Å². The molecule has 2 rings (SSSR count). The van der Waals surface area contributed by atoms with Crippen LogP contribution in [0.1, 0.15) is 33.6 Å². The average Bonchev–Trinajstić information content (AvgIpc) is 2.50. The second-order valence-corrected chi connectivity index (χ2v) is 5.86. The van der Waals surface area contributed by atoms with Gasteiger partial charge in [-0.2, -0.15) is 0 Å². The first-order chi connectivity index (χ1) is 10.1. The molecule has 0 N–H and O–H groups in total. The second kappa shape index (κ2) is 7.34. The number of para-hydroxylation sites is 2. The van der Waals surface area contributed by atoms with Gasteiger partial charge in [-0.1, -0.05) is 26.0 Å². The monoisotopic (exact) mass is 291 g/mol. The van der Waals surface area contributed by atoms with Crippen molar-refractivity contribution in [2.24, 2.45) is 5.92 Å². The highest BCUT2D eigenvalue weighted by Crippen LogP contribution is 2.31. The summed E-state index contributed by atoms with van der Waals surface area (Å²) in [6, 6.07) is 7.65. The van der Waals surface area contributed by atoms with Gasteiger partial charge >= 0.3 is 0 Å². The summed E-state index contributed by atoms with van der Waals surface area (Å²) in [5.41, 5.74) is 0. The molecule has 0 saturated heterocycles. The molecule has 1 aromatic carbocycles. The van der Waals surface area contributed by atoms with Gasteiger partial charge in [-0.15, -0.1) is 0 Å². The summed E-state index contributed by atoms with van der Waals surface area (Å²) in [7, 11) is 0. The first kappa shape index (κ1) is 15.7. The minimum Gasteiger partial charge on any atom is -0.486 e. The van der Waals surface area contributed by atoms with Crippen molar-refractivity contribution in [2.75, 3.05) is 19.7 Å². The van der Waals surface area contributed by atoms with Crippen molar-refractivity contribution in [3.8, 4) is 11.5 Å². The molecule has 4 nitrogen and oxygen atoms in total. The zero-order valence-corrected chi connectivity index (χ0v) is 13.2. The lowest BCUT2D eigenvalue weighted by Crippen LogP contribution is -2.43. The molecule has 0 bridgehead atoms. The Morgan fingerprint density at radius 1 is 1.33 bits per heavy atom. The largest absolute Gasteiger partial charge is 0.486 e. The molecule has 0 fully saturated rings. The van der Waals surface area contributed by atoms with Crippen molar-refractivity contribution < 1.29 is 14.3 Å². The van der Waals surface area contributed by atoms with E-state index >= 15 is 0 Å².